The van der Waals surface area contributed by atoms with Crippen molar-refractivity contribution in [2.45, 2.75) is 0 Å². The number of fused-ring (bicyclic) bond motifs is 14. The largest absolute Gasteiger partial charge is 0.309 e. The van der Waals surface area contributed by atoms with E-state index in [1.54, 1.807) is 0 Å². The highest BCUT2D eigenvalue weighted by Crippen LogP contribution is 2.52. The van der Waals surface area contributed by atoms with Crippen LogP contribution in [0.15, 0.2) is 340 Å². The average Bonchev–Trinajstić information content (AvgIpc) is 0.893. The first-order valence-corrected chi connectivity index (χ1v) is 34.2. The molecule has 0 heterocycles. The highest BCUT2D eigenvalue weighted by Gasteiger charge is 2.32. The molecule has 1 atom stereocenters. The van der Waals surface area contributed by atoms with E-state index in [4.69, 9.17) is 0 Å². The molecule has 0 N–H and O–H groups in total. The Hall–Kier alpha value is -10.7. The third-order valence-electron chi connectivity index (χ3n) is 18.8. The maximum Gasteiger partial charge on any atom is 0.171 e. The summed E-state index contributed by atoms with van der Waals surface area (Å²) in [4.78, 5) is 0. The summed E-state index contributed by atoms with van der Waals surface area (Å²) in [6.45, 7) is 0. The first kappa shape index (κ1) is 53.5. The summed E-state index contributed by atoms with van der Waals surface area (Å²) in [5, 5.41) is 24.0. The topological polar surface area (TPSA) is 34.1 Å². The molecule has 4 heteroatoms. The normalized spacial score (nSPS) is 12.6. The fourth-order valence-electron chi connectivity index (χ4n) is 14.7. The molecular weight excluding hydrogens is 1130 g/mol. The molecule has 2 nitrogen and oxygen atoms in total. The predicted octanol–water partition coefficient (Wildman–Crippen LogP) is 20.9. The van der Waals surface area contributed by atoms with Crippen LogP contribution in [-0.2, 0) is 9.13 Å². The molecule has 1 unspecified atom stereocenters. The van der Waals surface area contributed by atoms with Gasteiger partial charge in [0.25, 0.3) is 0 Å². The lowest BCUT2D eigenvalue weighted by Gasteiger charge is -2.23. The summed E-state index contributed by atoms with van der Waals surface area (Å²) in [6.07, 6.45) is 0. The maximum absolute atomic E-state index is 16.3. The van der Waals surface area contributed by atoms with Crippen LogP contribution < -0.4 is 31.8 Å². The SMILES string of the molecule is O=P(c1ccccc1)(c1ccc(-c2ccc(-c3c4ccccc4c(-c4ccc(P(=O)(c5ccccc5)c5ccccc5)cc4)c4c5ccccc5c5ccccc5c34)cc2)cc1)c1ccc(-c2c3ccccc3cc3c4ccccc4c4ccccc4c23)cc1. The summed E-state index contributed by atoms with van der Waals surface area (Å²) in [7, 11) is -6.59. The van der Waals surface area contributed by atoms with Gasteiger partial charge in [-0.1, -0.05) is 334 Å². The van der Waals surface area contributed by atoms with Crippen LogP contribution in [-0.4, -0.2) is 0 Å². The molecule has 0 aliphatic carbocycles. The Morgan fingerprint density at radius 1 is 0.167 bits per heavy atom. The van der Waals surface area contributed by atoms with Gasteiger partial charge in [-0.2, -0.15) is 0 Å². The van der Waals surface area contributed by atoms with Crippen molar-refractivity contribution in [2.75, 3.05) is 0 Å². The zero-order valence-electron chi connectivity index (χ0n) is 49.0. The van der Waals surface area contributed by atoms with Crippen LogP contribution >= 0.6 is 14.3 Å². The van der Waals surface area contributed by atoms with E-state index in [0.29, 0.717) is 0 Å². The Morgan fingerprint density at radius 3 is 0.778 bits per heavy atom. The minimum absolute atomic E-state index is 0.781. The zero-order chi connectivity index (χ0) is 59.9. The fourth-order valence-corrected chi connectivity index (χ4v) is 19.9. The van der Waals surface area contributed by atoms with Gasteiger partial charge in [0.1, 0.15) is 0 Å². The second kappa shape index (κ2) is 21.6. The summed E-state index contributed by atoms with van der Waals surface area (Å²) < 4.78 is 31.9. The van der Waals surface area contributed by atoms with Crippen molar-refractivity contribution in [1.82, 2.24) is 0 Å². The Labute approximate surface area is 522 Å². The van der Waals surface area contributed by atoms with E-state index in [1.807, 2.05) is 91.0 Å². The molecule has 90 heavy (non-hydrogen) atoms. The summed E-state index contributed by atoms with van der Waals surface area (Å²) in [6, 6.07) is 119. The average molecular weight is 1180 g/mol. The van der Waals surface area contributed by atoms with E-state index in [1.165, 1.54) is 86.5 Å². The van der Waals surface area contributed by atoms with Crippen molar-refractivity contribution >= 4 is 132 Å². The third kappa shape index (κ3) is 8.41. The van der Waals surface area contributed by atoms with Crippen LogP contribution in [0.5, 0.6) is 0 Å². The molecule has 17 aromatic rings. The highest BCUT2D eigenvalue weighted by molar-refractivity contribution is 7.85. The van der Waals surface area contributed by atoms with Gasteiger partial charge in [-0.25, -0.2) is 0 Å². The van der Waals surface area contributed by atoms with Gasteiger partial charge in [0.15, 0.2) is 14.3 Å². The van der Waals surface area contributed by atoms with Crippen LogP contribution in [0.25, 0.3) is 131 Å². The van der Waals surface area contributed by atoms with Crippen LogP contribution in [0.2, 0.25) is 0 Å². The van der Waals surface area contributed by atoms with Crippen molar-refractivity contribution in [3.8, 4) is 44.5 Å². The van der Waals surface area contributed by atoms with Gasteiger partial charge in [0, 0.05) is 31.8 Å². The number of hydrogen-bond donors (Lipinski definition) is 0. The highest BCUT2D eigenvalue weighted by atomic mass is 31.2. The smallest absolute Gasteiger partial charge is 0.171 e. The van der Waals surface area contributed by atoms with Crippen molar-refractivity contribution in [2.24, 2.45) is 0 Å². The van der Waals surface area contributed by atoms with Crippen LogP contribution in [0.1, 0.15) is 0 Å². The molecule has 0 bridgehead atoms. The van der Waals surface area contributed by atoms with E-state index >= 15 is 9.13 Å². The molecule has 0 fully saturated rings. The van der Waals surface area contributed by atoms with E-state index < -0.39 is 14.3 Å². The minimum Gasteiger partial charge on any atom is -0.309 e. The molecule has 0 aromatic heterocycles. The minimum atomic E-state index is -3.37. The molecule has 0 spiro atoms. The second-order valence-corrected chi connectivity index (χ2v) is 29.1. The quantitative estimate of drug-likeness (QED) is 0.0777. The second-order valence-electron chi connectivity index (χ2n) is 23.6. The van der Waals surface area contributed by atoms with Gasteiger partial charge >= 0.3 is 0 Å². The van der Waals surface area contributed by atoms with E-state index in [2.05, 4.69) is 249 Å². The van der Waals surface area contributed by atoms with Crippen LogP contribution in [0, 0.1) is 0 Å². The Balaban J connectivity index is 0.773. The van der Waals surface area contributed by atoms with Gasteiger partial charge in [-0.05, 0) is 137 Å². The van der Waals surface area contributed by atoms with Crippen molar-refractivity contribution in [3.05, 3.63) is 340 Å². The maximum atomic E-state index is 16.3. The van der Waals surface area contributed by atoms with Crippen LogP contribution in [0.4, 0.5) is 0 Å². The molecule has 0 aliphatic rings. The van der Waals surface area contributed by atoms with E-state index in [-0.39, 0.29) is 0 Å². The lowest BCUT2D eigenvalue weighted by Crippen LogP contribution is -2.24. The third-order valence-corrected chi connectivity index (χ3v) is 24.9. The summed E-state index contributed by atoms with van der Waals surface area (Å²) >= 11 is 0. The predicted molar refractivity (Wildman–Crippen MR) is 387 cm³/mol. The lowest BCUT2D eigenvalue weighted by molar-refractivity contribution is 0.591. The molecular formula is C86H56O2P2. The summed E-state index contributed by atoms with van der Waals surface area (Å²) in [5.74, 6) is 0. The van der Waals surface area contributed by atoms with Crippen LogP contribution in [0.3, 0.4) is 0 Å². The van der Waals surface area contributed by atoms with Gasteiger partial charge in [0.2, 0.25) is 0 Å². The Bertz CT molecular complexity index is 5740. The molecule has 17 rings (SSSR count). The molecule has 0 amide bonds. The van der Waals surface area contributed by atoms with Crippen molar-refractivity contribution < 1.29 is 9.13 Å². The number of rotatable bonds is 10. The van der Waals surface area contributed by atoms with Gasteiger partial charge in [0.05, 0.1) is 0 Å². The molecule has 422 valence electrons. The standard InChI is InChI=1S/C86H56O2P2/c87-89(63-23-4-1-5-24-63,64-25-6-2-7-26-64)67-54-48-61(49-55-67)83-79-39-21-20-38-78(79)82(85-76-36-18-15-32-72(76)73-33-16-19-37-77(73)86(83)85)59-42-40-57(41-43-59)58-44-50-66(51-45-58)90(88,65-27-8-3-9-28-65)68-52-46-60(47-53-68)81-69-29-11-10-22-62(69)56-80-74-34-13-12-30-70(74)71-31-14-17-35-75(71)84(80)81/h1-56H. The number of benzene rings is 17. The van der Waals surface area contributed by atoms with Gasteiger partial charge < -0.3 is 9.13 Å². The zero-order valence-corrected chi connectivity index (χ0v) is 50.8. The fraction of sp³-hybridized carbons (Fsp3) is 0. The van der Waals surface area contributed by atoms with Gasteiger partial charge in [-0.3, -0.25) is 0 Å². The summed E-state index contributed by atoms with van der Waals surface area (Å²) in [5.41, 5.74) is 8.86. The first-order valence-electron chi connectivity index (χ1n) is 30.8. The Morgan fingerprint density at radius 2 is 0.400 bits per heavy atom. The molecule has 0 saturated heterocycles. The monoisotopic (exact) mass is 1180 g/mol. The van der Waals surface area contributed by atoms with Crippen molar-refractivity contribution in [3.63, 3.8) is 0 Å². The molecule has 17 aromatic carbocycles. The van der Waals surface area contributed by atoms with Gasteiger partial charge in [-0.15, -0.1) is 0 Å². The Kier molecular flexibility index (Phi) is 12.8. The lowest BCUT2D eigenvalue weighted by atomic mass is 9.81. The first-order chi connectivity index (χ1) is 44.4. The molecule has 0 saturated carbocycles. The molecule has 0 radical (unpaired) electrons. The van der Waals surface area contributed by atoms with E-state index in [9.17, 15) is 0 Å². The number of hydrogen-bond acceptors (Lipinski definition) is 2. The molecule has 0 aliphatic heterocycles. The van der Waals surface area contributed by atoms with Crippen molar-refractivity contribution in [1.29, 1.82) is 0 Å². The van der Waals surface area contributed by atoms with E-state index in [0.717, 1.165) is 76.0 Å².